The molecule has 4 nitrogen and oxygen atoms in total. The Bertz CT molecular complexity index is 338. The Morgan fingerprint density at radius 1 is 1.24 bits per heavy atom. The Morgan fingerprint density at radius 2 is 1.88 bits per heavy atom. The maximum Gasteiger partial charge on any atom is 0.306 e. The number of nitrogens with zero attached hydrogens (tertiary/aromatic N) is 1. The van der Waals surface area contributed by atoms with Crippen LogP contribution in [0.4, 0.5) is 0 Å². The molecule has 2 aliphatic rings. The number of carbonyl (C=O) groups excluding carboxylic acids is 1. The van der Waals surface area contributed by atoms with Gasteiger partial charge in [-0.25, -0.2) is 0 Å². The molecule has 1 aliphatic heterocycles. The largest absolute Gasteiger partial charge is 0.481 e. The molecule has 0 unspecified atom stereocenters. The van der Waals surface area contributed by atoms with E-state index in [1.165, 1.54) is 0 Å². The molecule has 0 bridgehead atoms. The van der Waals surface area contributed by atoms with Gasteiger partial charge in [-0.2, -0.15) is 0 Å². The van der Waals surface area contributed by atoms with Crippen molar-refractivity contribution in [1.29, 1.82) is 0 Å². The third-order valence-electron chi connectivity index (χ3n) is 4.12. The zero-order valence-corrected chi connectivity index (χ0v) is 10.6. The van der Waals surface area contributed by atoms with Gasteiger partial charge in [-0.1, -0.05) is 13.8 Å². The summed E-state index contributed by atoms with van der Waals surface area (Å²) in [4.78, 5) is 25.0. The number of carbonyl (C=O) groups is 2. The maximum absolute atomic E-state index is 12.2. The second-order valence-corrected chi connectivity index (χ2v) is 6.22. The number of hydrogen-bond acceptors (Lipinski definition) is 2. The van der Waals surface area contributed by atoms with E-state index < -0.39 is 5.97 Å². The zero-order chi connectivity index (χ0) is 12.6. The fraction of sp³-hybridized carbons (Fsp3) is 0.846. The molecule has 1 amide bonds. The Balaban J connectivity index is 1.92. The molecule has 0 aromatic rings. The highest BCUT2D eigenvalue weighted by atomic mass is 16.4. The number of carboxylic acids is 1. The summed E-state index contributed by atoms with van der Waals surface area (Å²) in [5.41, 5.74) is 0.223. The molecule has 1 heterocycles. The van der Waals surface area contributed by atoms with Gasteiger partial charge in [-0.15, -0.1) is 0 Å². The molecular formula is C13H21NO3. The molecule has 2 rings (SSSR count). The van der Waals surface area contributed by atoms with E-state index in [4.69, 9.17) is 5.11 Å². The number of rotatable bonds is 2. The van der Waals surface area contributed by atoms with Crippen LogP contribution in [0.5, 0.6) is 0 Å². The van der Waals surface area contributed by atoms with Gasteiger partial charge in [0.2, 0.25) is 5.91 Å². The lowest BCUT2D eigenvalue weighted by molar-refractivity contribution is -0.141. The van der Waals surface area contributed by atoms with Crippen molar-refractivity contribution in [2.24, 2.45) is 17.3 Å². The van der Waals surface area contributed by atoms with E-state index in [9.17, 15) is 9.59 Å². The van der Waals surface area contributed by atoms with Crippen LogP contribution >= 0.6 is 0 Å². The average Bonchev–Trinajstić information content (AvgIpc) is 2.83. The second kappa shape index (κ2) is 4.31. The molecule has 4 heteroatoms. The van der Waals surface area contributed by atoms with Crippen LogP contribution in [0.2, 0.25) is 0 Å². The molecule has 2 fully saturated rings. The fourth-order valence-electron chi connectivity index (χ4n) is 2.99. The van der Waals surface area contributed by atoms with Crippen molar-refractivity contribution in [1.82, 2.24) is 4.90 Å². The highest BCUT2D eigenvalue weighted by Gasteiger charge is 2.39. The van der Waals surface area contributed by atoms with Gasteiger partial charge < -0.3 is 10.0 Å². The van der Waals surface area contributed by atoms with E-state index in [1.807, 2.05) is 4.90 Å². The van der Waals surface area contributed by atoms with E-state index in [1.54, 1.807) is 0 Å². The van der Waals surface area contributed by atoms with Crippen molar-refractivity contribution in [3.05, 3.63) is 0 Å². The van der Waals surface area contributed by atoms with Gasteiger partial charge in [0.15, 0.2) is 0 Å². The Labute approximate surface area is 102 Å². The van der Waals surface area contributed by atoms with Gasteiger partial charge in [0.05, 0.1) is 5.92 Å². The molecule has 1 aliphatic carbocycles. The lowest BCUT2D eigenvalue weighted by atomic mass is 9.93. The van der Waals surface area contributed by atoms with Crippen molar-refractivity contribution in [3.63, 3.8) is 0 Å². The fourth-order valence-corrected chi connectivity index (χ4v) is 2.99. The van der Waals surface area contributed by atoms with Crippen LogP contribution < -0.4 is 0 Å². The van der Waals surface area contributed by atoms with Crippen LogP contribution in [-0.2, 0) is 9.59 Å². The summed E-state index contributed by atoms with van der Waals surface area (Å²) in [7, 11) is 0. The molecule has 1 saturated heterocycles. The Kier molecular flexibility index (Phi) is 3.15. The Morgan fingerprint density at radius 3 is 2.35 bits per heavy atom. The minimum Gasteiger partial charge on any atom is -0.481 e. The quantitative estimate of drug-likeness (QED) is 0.798. The molecule has 0 spiro atoms. The summed E-state index contributed by atoms with van der Waals surface area (Å²) in [5.74, 6) is -0.925. The molecule has 0 aromatic carbocycles. The van der Waals surface area contributed by atoms with E-state index in [2.05, 4.69) is 13.8 Å². The normalized spacial score (nSPS) is 31.8. The lowest BCUT2D eigenvalue weighted by Gasteiger charge is -2.22. The topological polar surface area (TPSA) is 57.6 Å². The summed E-state index contributed by atoms with van der Waals surface area (Å²) in [5, 5.41) is 8.94. The van der Waals surface area contributed by atoms with Crippen LogP contribution in [0.1, 0.15) is 39.5 Å². The summed E-state index contributed by atoms with van der Waals surface area (Å²) >= 11 is 0. The zero-order valence-electron chi connectivity index (χ0n) is 10.6. The van der Waals surface area contributed by atoms with Gasteiger partial charge in [-0.05, 0) is 31.1 Å². The monoisotopic (exact) mass is 239 g/mol. The molecule has 0 aromatic heterocycles. The second-order valence-electron chi connectivity index (χ2n) is 6.22. The molecule has 1 saturated carbocycles. The van der Waals surface area contributed by atoms with Crippen LogP contribution in [-0.4, -0.2) is 35.0 Å². The molecule has 17 heavy (non-hydrogen) atoms. The first-order chi connectivity index (χ1) is 7.89. The van der Waals surface area contributed by atoms with Gasteiger partial charge in [0, 0.05) is 19.0 Å². The van der Waals surface area contributed by atoms with E-state index in [-0.39, 0.29) is 23.2 Å². The first-order valence-corrected chi connectivity index (χ1v) is 6.41. The molecular weight excluding hydrogens is 218 g/mol. The third-order valence-corrected chi connectivity index (χ3v) is 4.12. The first kappa shape index (κ1) is 12.4. The number of carboxylic acid groups (broad SMARTS) is 1. The van der Waals surface area contributed by atoms with Crippen LogP contribution in [0.3, 0.4) is 0 Å². The smallest absolute Gasteiger partial charge is 0.306 e. The molecule has 96 valence electrons. The summed E-state index contributed by atoms with van der Waals surface area (Å²) in [6.07, 6.45) is 2.98. The SMILES string of the molecule is CC1(C)CCN(C(=O)[C@@H]2CC[C@H](C(=O)O)C2)C1. The van der Waals surface area contributed by atoms with Crippen molar-refractivity contribution >= 4 is 11.9 Å². The molecule has 2 atom stereocenters. The van der Waals surface area contributed by atoms with Crippen LogP contribution in [0.25, 0.3) is 0 Å². The highest BCUT2D eigenvalue weighted by Crippen LogP contribution is 2.35. The van der Waals surface area contributed by atoms with Crippen LogP contribution in [0, 0.1) is 17.3 Å². The van der Waals surface area contributed by atoms with Gasteiger partial charge in [0.1, 0.15) is 0 Å². The van der Waals surface area contributed by atoms with Crippen molar-refractivity contribution in [3.8, 4) is 0 Å². The summed E-state index contributed by atoms with van der Waals surface area (Å²) < 4.78 is 0. The Hall–Kier alpha value is -1.06. The van der Waals surface area contributed by atoms with Crippen LogP contribution in [0.15, 0.2) is 0 Å². The number of amides is 1. The average molecular weight is 239 g/mol. The van der Waals surface area contributed by atoms with E-state index >= 15 is 0 Å². The van der Waals surface area contributed by atoms with E-state index in [0.29, 0.717) is 12.8 Å². The maximum atomic E-state index is 12.2. The minimum atomic E-state index is -0.748. The van der Waals surface area contributed by atoms with Gasteiger partial charge in [0.25, 0.3) is 0 Å². The standard InChI is InChI=1S/C13H21NO3/c1-13(2)5-6-14(8-13)11(15)9-3-4-10(7-9)12(16)17/h9-10H,3-8H2,1-2H3,(H,16,17)/t9-,10+/m1/s1. The highest BCUT2D eigenvalue weighted by molar-refractivity contribution is 5.81. The molecule has 0 radical (unpaired) electrons. The molecule has 1 N–H and O–H groups in total. The summed E-state index contributed by atoms with van der Waals surface area (Å²) in [6, 6.07) is 0. The van der Waals surface area contributed by atoms with Crippen molar-refractivity contribution in [2.45, 2.75) is 39.5 Å². The van der Waals surface area contributed by atoms with Crippen molar-refractivity contribution in [2.75, 3.05) is 13.1 Å². The lowest BCUT2D eigenvalue weighted by Crippen LogP contribution is -2.34. The predicted octanol–water partition coefficient (Wildman–Crippen LogP) is 1.75. The predicted molar refractivity (Wildman–Crippen MR) is 63.4 cm³/mol. The summed E-state index contributed by atoms with van der Waals surface area (Å²) in [6.45, 7) is 6.00. The van der Waals surface area contributed by atoms with Gasteiger partial charge in [-0.3, -0.25) is 9.59 Å². The van der Waals surface area contributed by atoms with E-state index in [0.717, 1.165) is 25.9 Å². The van der Waals surface area contributed by atoms with Gasteiger partial charge >= 0.3 is 5.97 Å². The first-order valence-electron chi connectivity index (χ1n) is 6.41. The number of likely N-dealkylation sites (tertiary alicyclic amines) is 1. The minimum absolute atomic E-state index is 0.0509. The third kappa shape index (κ3) is 2.61. The van der Waals surface area contributed by atoms with Crippen molar-refractivity contribution < 1.29 is 14.7 Å². The number of aliphatic carboxylic acids is 1. The number of hydrogen-bond donors (Lipinski definition) is 1.